The van der Waals surface area contributed by atoms with Crippen LogP contribution in [0.2, 0.25) is 0 Å². The Kier molecular flexibility index (Phi) is 5.42. The fourth-order valence-corrected chi connectivity index (χ4v) is 3.23. The predicted octanol–water partition coefficient (Wildman–Crippen LogP) is 2.67. The third kappa shape index (κ3) is 3.96. The molecule has 1 aromatic heterocycles. The van der Waals surface area contributed by atoms with Crippen molar-refractivity contribution in [3.63, 3.8) is 0 Å². The van der Waals surface area contributed by atoms with Gasteiger partial charge in [0.1, 0.15) is 23.8 Å². The van der Waals surface area contributed by atoms with Crippen molar-refractivity contribution in [2.45, 2.75) is 25.4 Å². The van der Waals surface area contributed by atoms with Gasteiger partial charge in [0.15, 0.2) is 0 Å². The lowest BCUT2D eigenvalue weighted by Crippen LogP contribution is -2.54. The molecule has 26 heavy (non-hydrogen) atoms. The number of methoxy groups -OCH3 is 1. The van der Waals surface area contributed by atoms with Crippen LogP contribution in [-0.4, -0.2) is 48.2 Å². The van der Waals surface area contributed by atoms with E-state index in [1.165, 1.54) is 5.56 Å². The van der Waals surface area contributed by atoms with Crippen molar-refractivity contribution in [1.29, 1.82) is 0 Å². The van der Waals surface area contributed by atoms with E-state index in [4.69, 9.17) is 15.2 Å². The van der Waals surface area contributed by atoms with Crippen LogP contribution >= 0.6 is 0 Å². The third-order valence-corrected chi connectivity index (χ3v) is 4.85. The van der Waals surface area contributed by atoms with Crippen LogP contribution < -0.4 is 10.5 Å². The fraction of sp³-hybridized carbons (Fsp3) is 0.400. The molecular formula is C20H25N3O3. The molecular weight excluding hydrogens is 330 g/mol. The van der Waals surface area contributed by atoms with E-state index in [1.807, 2.05) is 31.2 Å². The summed E-state index contributed by atoms with van der Waals surface area (Å²) in [5.41, 5.74) is 6.94. The number of aromatic nitrogens is 1. The highest BCUT2D eigenvalue weighted by atomic mass is 16.5. The average molecular weight is 355 g/mol. The maximum atomic E-state index is 12.8. The molecule has 6 heteroatoms. The number of benzene rings is 1. The molecule has 0 saturated carbocycles. The molecule has 2 heterocycles. The molecule has 0 aliphatic carbocycles. The number of aryl methyl sites for hydroxylation is 1. The summed E-state index contributed by atoms with van der Waals surface area (Å²) < 4.78 is 11.8. The molecule has 0 spiro atoms. The summed E-state index contributed by atoms with van der Waals surface area (Å²) in [6, 6.07) is 11.3. The quantitative estimate of drug-likeness (QED) is 0.892. The minimum atomic E-state index is -0.532. The summed E-state index contributed by atoms with van der Waals surface area (Å²) in [6.07, 6.45) is 3.26. The van der Waals surface area contributed by atoms with Crippen molar-refractivity contribution < 1.29 is 14.3 Å². The number of ether oxygens (including phenoxy) is 2. The molecule has 3 rings (SSSR count). The Morgan fingerprint density at radius 1 is 1.31 bits per heavy atom. The number of hydrogen-bond acceptors (Lipinski definition) is 5. The number of piperidine rings is 1. The number of nitrogen functional groups attached to an aromatic ring is 1. The van der Waals surface area contributed by atoms with E-state index in [0.717, 1.165) is 18.6 Å². The van der Waals surface area contributed by atoms with Gasteiger partial charge >= 0.3 is 0 Å². The van der Waals surface area contributed by atoms with E-state index in [1.54, 1.807) is 30.3 Å². The minimum absolute atomic E-state index is 0.118. The molecule has 6 nitrogen and oxygen atoms in total. The zero-order chi connectivity index (χ0) is 18.6. The van der Waals surface area contributed by atoms with Crippen LogP contribution in [0.25, 0.3) is 0 Å². The van der Waals surface area contributed by atoms with E-state index in [0.29, 0.717) is 25.3 Å². The predicted molar refractivity (Wildman–Crippen MR) is 100 cm³/mol. The van der Waals surface area contributed by atoms with Crippen molar-refractivity contribution in [3.8, 4) is 5.75 Å². The van der Waals surface area contributed by atoms with E-state index < -0.39 is 5.60 Å². The van der Waals surface area contributed by atoms with Crippen LogP contribution in [0, 0.1) is 6.92 Å². The summed E-state index contributed by atoms with van der Waals surface area (Å²) in [6.45, 7) is 3.55. The van der Waals surface area contributed by atoms with E-state index in [9.17, 15) is 4.79 Å². The zero-order valence-electron chi connectivity index (χ0n) is 15.3. The molecule has 1 amide bonds. The zero-order valence-corrected chi connectivity index (χ0v) is 15.3. The van der Waals surface area contributed by atoms with Crippen LogP contribution in [0.3, 0.4) is 0 Å². The second-order valence-corrected chi connectivity index (χ2v) is 6.76. The van der Waals surface area contributed by atoms with Crippen LogP contribution in [-0.2, 0) is 4.74 Å². The minimum Gasteiger partial charge on any atom is -0.491 e. The third-order valence-electron chi connectivity index (χ3n) is 4.85. The Hall–Kier alpha value is -2.60. The molecule has 2 aromatic rings. The van der Waals surface area contributed by atoms with Crippen LogP contribution in [0.5, 0.6) is 5.75 Å². The van der Waals surface area contributed by atoms with Gasteiger partial charge in [-0.15, -0.1) is 0 Å². The van der Waals surface area contributed by atoms with Gasteiger partial charge in [-0.25, -0.2) is 4.98 Å². The molecule has 0 unspecified atom stereocenters. The Labute approximate surface area is 153 Å². The number of hydrogen-bond donors (Lipinski definition) is 1. The SMILES string of the molecule is CO[C@]1(COc2ccc(C)cc2)CCCN(C(=O)c2cccnc2N)C1. The molecule has 2 N–H and O–H groups in total. The molecule has 0 bridgehead atoms. The van der Waals surface area contributed by atoms with Gasteiger partial charge in [-0.2, -0.15) is 0 Å². The fourth-order valence-electron chi connectivity index (χ4n) is 3.23. The first-order valence-corrected chi connectivity index (χ1v) is 8.77. The van der Waals surface area contributed by atoms with Crippen molar-refractivity contribution in [3.05, 3.63) is 53.7 Å². The average Bonchev–Trinajstić information content (AvgIpc) is 2.67. The van der Waals surface area contributed by atoms with Crippen molar-refractivity contribution >= 4 is 11.7 Å². The van der Waals surface area contributed by atoms with Crippen molar-refractivity contribution in [2.75, 3.05) is 32.5 Å². The normalized spacial score (nSPS) is 20.0. The molecule has 1 aliphatic rings. The number of rotatable bonds is 5. The lowest BCUT2D eigenvalue weighted by Gasteiger charge is -2.41. The second-order valence-electron chi connectivity index (χ2n) is 6.76. The number of anilines is 1. The standard InChI is InChI=1S/C20H25N3O3/c1-15-6-8-16(9-7-15)26-14-20(25-2)10-4-12-23(13-20)19(24)17-5-3-11-22-18(17)21/h3,5-9,11H,4,10,12-14H2,1-2H3,(H2,21,22)/t20-/m1/s1. The maximum Gasteiger partial charge on any atom is 0.257 e. The van der Waals surface area contributed by atoms with Crippen molar-refractivity contribution in [1.82, 2.24) is 9.88 Å². The highest BCUT2D eigenvalue weighted by Crippen LogP contribution is 2.27. The van der Waals surface area contributed by atoms with Crippen LogP contribution in [0.15, 0.2) is 42.6 Å². The van der Waals surface area contributed by atoms with Gasteiger partial charge in [0.2, 0.25) is 0 Å². The van der Waals surface area contributed by atoms with Gasteiger partial charge in [-0.05, 0) is 44.0 Å². The van der Waals surface area contributed by atoms with Crippen LogP contribution in [0.1, 0.15) is 28.8 Å². The number of carbonyl (C=O) groups excluding carboxylic acids is 1. The number of amides is 1. The molecule has 1 atom stereocenters. The van der Waals surface area contributed by atoms with E-state index >= 15 is 0 Å². The van der Waals surface area contributed by atoms with Gasteiger partial charge in [-0.1, -0.05) is 17.7 Å². The van der Waals surface area contributed by atoms with Gasteiger partial charge < -0.3 is 20.1 Å². The number of likely N-dealkylation sites (tertiary alicyclic amines) is 1. The summed E-state index contributed by atoms with van der Waals surface area (Å²) in [4.78, 5) is 18.6. The first kappa shape index (κ1) is 18.2. The molecule has 138 valence electrons. The van der Waals surface area contributed by atoms with Gasteiger partial charge in [0.05, 0.1) is 12.1 Å². The topological polar surface area (TPSA) is 77.7 Å². The summed E-state index contributed by atoms with van der Waals surface area (Å²) in [5.74, 6) is 0.932. The smallest absolute Gasteiger partial charge is 0.257 e. The Morgan fingerprint density at radius 3 is 2.77 bits per heavy atom. The monoisotopic (exact) mass is 355 g/mol. The number of nitrogens with two attached hydrogens (primary N) is 1. The van der Waals surface area contributed by atoms with Gasteiger partial charge in [0, 0.05) is 19.9 Å². The molecule has 1 fully saturated rings. The summed E-state index contributed by atoms with van der Waals surface area (Å²) in [7, 11) is 1.67. The summed E-state index contributed by atoms with van der Waals surface area (Å²) >= 11 is 0. The summed E-state index contributed by atoms with van der Waals surface area (Å²) in [5, 5.41) is 0. The maximum absolute atomic E-state index is 12.8. The number of nitrogens with zero attached hydrogens (tertiary/aromatic N) is 2. The van der Waals surface area contributed by atoms with Crippen LogP contribution in [0.4, 0.5) is 5.82 Å². The molecule has 1 aromatic carbocycles. The molecule has 1 saturated heterocycles. The second kappa shape index (κ2) is 7.74. The largest absolute Gasteiger partial charge is 0.491 e. The number of carbonyl (C=O) groups is 1. The van der Waals surface area contributed by atoms with Crippen molar-refractivity contribution in [2.24, 2.45) is 0 Å². The Morgan fingerprint density at radius 2 is 2.08 bits per heavy atom. The lowest BCUT2D eigenvalue weighted by molar-refractivity contribution is -0.0824. The molecule has 1 aliphatic heterocycles. The highest BCUT2D eigenvalue weighted by Gasteiger charge is 2.38. The Bertz CT molecular complexity index is 763. The first-order chi connectivity index (χ1) is 12.5. The highest BCUT2D eigenvalue weighted by molar-refractivity contribution is 5.98. The number of pyridine rings is 1. The molecule has 0 radical (unpaired) electrons. The van der Waals surface area contributed by atoms with E-state index in [2.05, 4.69) is 4.98 Å². The Balaban J connectivity index is 1.71. The van der Waals surface area contributed by atoms with E-state index in [-0.39, 0.29) is 11.7 Å². The van der Waals surface area contributed by atoms with Gasteiger partial charge in [-0.3, -0.25) is 4.79 Å². The van der Waals surface area contributed by atoms with Gasteiger partial charge in [0.25, 0.3) is 5.91 Å². The lowest BCUT2D eigenvalue weighted by atomic mass is 9.92. The first-order valence-electron chi connectivity index (χ1n) is 8.77.